The minimum atomic E-state index is -0.332. The summed E-state index contributed by atoms with van der Waals surface area (Å²) in [7, 11) is 0. The third-order valence-corrected chi connectivity index (χ3v) is 5.71. The van der Waals surface area contributed by atoms with E-state index in [9.17, 15) is 9.59 Å². The second kappa shape index (κ2) is 7.98. The molecule has 0 N–H and O–H groups in total. The molecule has 0 fully saturated rings. The highest BCUT2D eigenvalue weighted by Crippen LogP contribution is 2.28. The minimum absolute atomic E-state index is 0.0117. The van der Waals surface area contributed by atoms with Crippen molar-refractivity contribution in [3.63, 3.8) is 0 Å². The van der Waals surface area contributed by atoms with Gasteiger partial charge in [-0.15, -0.1) is 6.58 Å². The third-order valence-electron chi connectivity index (χ3n) is 4.75. The quantitative estimate of drug-likeness (QED) is 0.379. The molecule has 3 aromatic rings. The number of aromatic nitrogens is 3. The van der Waals surface area contributed by atoms with Crippen molar-refractivity contribution in [2.24, 2.45) is 0 Å². The molecule has 2 aromatic heterocycles. The fourth-order valence-electron chi connectivity index (χ4n) is 3.48. The molecule has 0 spiro atoms. The summed E-state index contributed by atoms with van der Waals surface area (Å²) in [4.78, 5) is 35.6. The molecule has 0 bridgehead atoms. The lowest BCUT2D eigenvalue weighted by molar-refractivity contribution is -0.116. The van der Waals surface area contributed by atoms with Crippen molar-refractivity contribution in [1.29, 1.82) is 0 Å². The van der Waals surface area contributed by atoms with E-state index in [-0.39, 0.29) is 17.2 Å². The Balaban J connectivity index is 1.61. The predicted octanol–water partition coefficient (Wildman–Crippen LogP) is 3.05. The zero-order chi connectivity index (χ0) is 19.5. The maximum absolute atomic E-state index is 12.9. The fourth-order valence-corrected chi connectivity index (χ4v) is 4.35. The standard InChI is InChI=1S/C21H20N4O2S/c1-2-12-25-19-16(9-5-11-22-19)20(27)23-21(25)28-14-18(26)24-13-6-8-15-7-3-4-10-17(15)24/h2-5,7,9-11H,1,6,8,12-14H2. The lowest BCUT2D eigenvalue weighted by Gasteiger charge is -2.29. The Morgan fingerprint density at radius 2 is 2.11 bits per heavy atom. The molecule has 1 aliphatic rings. The lowest BCUT2D eigenvalue weighted by atomic mass is 10.0. The number of anilines is 1. The van der Waals surface area contributed by atoms with Crippen molar-refractivity contribution < 1.29 is 4.79 Å². The van der Waals surface area contributed by atoms with Crippen LogP contribution in [0.4, 0.5) is 5.69 Å². The monoisotopic (exact) mass is 392 g/mol. The maximum Gasteiger partial charge on any atom is 0.283 e. The third kappa shape index (κ3) is 3.45. The van der Waals surface area contributed by atoms with Crippen LogP contribution in [0.5, 0.6) is 0 Å². The number of carbonyl (C=O) groups excluding carboxylic acids is 1. The summed E-state index contributed by atoms with van der Waals surface area (Å²) in [6, 6.07) is 11.4. The van der Waals surface area contributed by atoms with Crippen LogP contribution >= 0.6 is 11.8 Å². The van der Waals surface area contributed by atoms with Gasteiger partial charge in [0.2, 0.25) is 5.91 Å². The SMILES string of the molecule is C=CCn1c(SCC(=O)N2CCCc3ccccc32)nc(=O)c2cccnc21. The van der Waals surface area contributed by atoms with E-state index in [1.165, 1.54) is 17.3 Å². The smallest absolute Gasteiger partial charge is 0.283 e. The topological polar surface area (TPSA) is 68.1 Å². The summed E-state index contributed by atoms with van der Waals surface area (Å²) < 4.78 is 1.83. The zero-order valence-corrected chi connectivity index (χ0v) is 16.2. The van der Waals surface area contributed by atoms with Gasteiger partial charge < -0.3 is 9.47 Å². The van der Waals surface area contributed by atoms with Crippen molar-refractivity contribution in [3.8, 4) is 0 Å². The Kier molecular flexibility index (Phi) is 5.25. The normalized spacial score (nSPS) is 13.4. The Hall–Kier alpha value is -2.93. The molecule has 1 aromatic carbocycles. The van der Waals surface area contributed by atoms with E-state index in [1.807, 2.05) is 27.7 Å². The number of aryl methyl sites for hydroxylation is 1. The number of carbonyl (C=O) groups is 1. The van der Waals surface area contributed by atoms with Crippen molar-refractivity contribution in [2.45, 2.75) is 24.5 Å². The van der Waals surface area contributed by atoms with E-state index in [0.29, 0.717) is 29.3 Å². The lowest BCUT2D eigenvalue weighted by Crippen LogP contribution is -2.36. The van der Waals surface area contributed by atoms with E-state index in [0.717, 1.165) is 18.5 Å². The number of nitrogens with zero attached hydrogens (tertiary/aromatic N) is 4. The first kappa shape index (κ1) is 18.4. The average Bonchev–Trinajstić information content (AvgIpc) is 2.74. The van der Waals surface area contributed by atoms with Gasteiger partial charge in [-0.3, -0.25) is 9.59 Å². The fraction of sp³-hybridized carbons (Fsp3) is 0.238. The maximum atomic E-state index is 12.9. The van der Waals surface area contributed by atoms with Crippen LogP contribution < -0.4 is 10.5 Å². The molecule has 0 atom stereocenters. The molecule has 1 aliphatic heterocycles. The van der Waals surface area contributed by atoms with Gasteiger partial charge in [0.25, 0.3) is 5.56 Å². The van der Waals surface area contributed by atoms with Gasteiger partial charge >= 0.3 is 0 Å². The number of hydrogen-bond donors (Lipinski definition) is 0. The van der Waals surface area contributed by atoms with Crippen molar-refractivity contribution in [1.82, 2.24) is 14.5 Å². The molecule has 7 heteroatoms. The highest BCUT2D eigenvalue weighted by atomic mass is 32.2. The summed E-state index contributed by atoms with van der Waals surface area (Å²) >= 11 is 1.27. The summed E-state index contributed by atoms with van der Waals surface area (Å²) in [6.07, 6.45) is 5.31. The molecular weight excluding hydrogens is 372 g/mol. The van der Waals surface area contributed by atoms with Crippen LogP contribution in [0.3, 0.4) is 0 Å². The van der Waals surface area contributed by atoms with Crippen molar-refractivity contribution >= 4 is 34.4 Å². The molecule has 28 heavy (non-hydrogen) atoms. The van der Waals surface area contributed by atoms with Gasteiger partial charge in [0.15, 0.2) is 5.16 Å². The molecule has 3 heterocycles. The molecule has 6 nitrogen and oxygen atoms in total. The summed E-state index contributed by atoms with van der Waals surface area (Å²) in [6.45, 7) is 4.95. The minimum Gasteiger partial charge on any atom is -0.311 e. The summed E-state index contributed by atoms with van der Waals surface area (Å²) in [5, 5.41) is 0.944. The number of para-hydroxylation sites is 1. The molecule has 4 rings (SSSR count). The van der Waals surface area contributed by atoms with Crippen LogP contribution in [-0.2, 0) is 17.8 Å². The van der Waals surface area contributed by atoms with Gasteiger partial charge in [-0.05, 0) is 36.6 Å². The predicted molar refractivity (Wildman–Crippen MR) is 112 cm³/mol. The molecular formula is C21H20N4O2S. The molecule has 0 radical (unpaired) electrons. The zero-order valence-electron chi connectivity index (χ0n) is 15.4. The van der Waals surface area contributed by atoms with Gasteiger partial charge in [0, 0.05) is 25.0 Å². The number of allylic oxidation sites excluding steroid dienone is 1. The number of benzene rings is 1. The van der Waals surface area contributed by atoms with Crippen LogP contribution in [-0.4, -0.2) is 32.7 Å². The molecule has 0 aliphatic carbocycles. The molecule has 142 valence electrons. The van der Waals surface area contributed by atoms with Gasteiger partial charge in [-0.2, -0.15) is 4.98 Å². The molecule has 1 amide bonds. The van der Waals surface area contributed by atoms with Gasteiger partial charge in [0.1, 0.15) is 5.65 Å². The van der Waals surface area contributed by atoms with Gasteiger partial charge in [-0.1, -0.05) is 36.0 Å². The van der Waals surface area contributed by atoms with E-state index in [2.05, 4.69) is 22.6 Å². The Morgan fingerprint density at radius 3 is 2.96 bits per heavy atom. The van der Waals surface area contributed by atoms with Gasteiger partial charge in [0.05, 0.1) is 11.1 Å². The summed E-state index contributed by atoms with van der Waals surface area (Å²) in [5.41, 5.74) is 2.40. The molecule has 0 saturated heterocycles. The average molecular weight is 392 g/mol. The van der Waals surface area contributed by atoms with Crippen LogP contribution in [0.25, 0.3) is 11.0 Å². The Bertz CT molecular complexity index is 1110. The Labute approximate surface area is 166 Å². The first-order chi connectivity index (χ1) is 13.7. The van der Waals surface area contributed by atoms with Crippen LogP contribution in [0, 0.1) is 0 Å². The second-order valence-electron chi connectivity index (χ2n) is 6.54. The number of hydrogen-bond acceptors (Lipinski definition) is 5. The van der Waals surface area contributed by atoms with Crippen molar-refractivity contribution in [3.05, 3.63) is 71.2 Å². The highest BCUT2D eigenvalue weighted by Gasteiger charge is 2.23. The van der Waals surface area contributed by atoms with E-state index < -0.39 is 0 Å². The van der Waals surface area contributed by atoms with Crippen molar-refractivity contribution in [2.75, 3.05) is 17.2 Å². The number of amides is 1. The van der Waals surface area contributed by atoms with Crippen LogP contribution in [0.15, 0.2) is 65.2 Å². The number of pyridine rings is 1. The Morgan fingerprint density at radius 1 is 1.25 bits per heavy atom. The number of thioether (sulfide) groups is 1. The largest absolute Gasteiger partial charge is 0.311 e. The van der Waals surface area contributed by atoms with E-state index in [4.69, 9.17) is 0 Å². The number of rotatable bonds is 5. The van der Waals surface area contributed by atoms with E-state index >= 15 is 0 Å². The highest BCUT2D eigenvalue weighted by molar-refractivity contribution is 7.99. The second-order valence-corrected chi connectivity index (χ2v) is 7.48. The summed E-state index contributed by atoms with van der Waals surface area (Å²) in [5.74, 6) is 0.216. The van der Waals surface area contributed by atoms with Crippen LogP contribution in [0.1, 0.15) is 12.0 Å². The first-order valence-electron chi connectivity index (χ1n) is 9.16. The molecule has 0 saturated carbocycles. The van der Waals surface area contributed by atoms with Gasteiger partial charge in [-0.25, -0.2) is 4.98 Å². The van der Waals surface area contributed by atoms with E-state index in [1.54, 1.807) is 24.4 Å². The number of fused-ring (bicyclic) bond motifs is 2. The first-order valence-corrected chi connectivity index (χ1v) is 10.1. The van der Waals surface area contributed by atoms with Crippen LogP contribution in [0.2, 0.25) is 0 Å². The molecule has 0 unspecified atom stereocenters.